The molecule has 4 aliphatic carbocycles. The summed E-state index contributed by atoms with van der Waals surface area (Å²) in [6.45, 7) is 33.8. The Morgan fingerprint density at radius 1 is 0.523 bits per heavy atom. The Morgan fingerprint density at radius 3 is 0.841 bits per heavy atom. The molecule has 530 valence electrons. The standard InChI is InChI=1S/3C5H9NO.C5H10O2.C5H10O.C5H10.C4H9N.C4H8O2.2C4H8O.C4H10O.C4H8.C4H10.C3H7NO.C3H8O.C2H6O.CH3OP/c3*1-6-4-2-3-5(6)7;1-6-5-2-3-7-4-5;1-6-5-3-2-4-5;2*1-5-3-2-4-5;1-5-4-2-6-3-4;1-4-2-5-3-4;1-5-4-2-3-4;1-4(2)5-3;1-4-2-3-4;1-4(2)3;1-3(5)4-2;1-3-4-2;2*1-3-2/h3*2-4H2,1H3;5H,2-4H2,1H3;5H,2-4H2,1H3;5H,2-4H2,1H3;2-4H2,1H3;4H,2-3H2,1H3;2*4H,2-3H2,1H3;4H,1-3H3;4H,2-3H2,1H3;4H,1-3H3;1-2H3,(H,4,5);3H2,1-2H3;1-2H3;1H3/p+1. The summed E-state index contributed by atoms with van der Waals surface area (Å²) >= 11 is 0. The third-order valence-corrected chi connectivity index (χ3v) is 13.6. The molecular weight excluding hydrogens is 1150 g/mol. The van der Waals surface area contributed by atoms with Crippen molar-refractivity contribution in [2.24, 2.45) is 23.7 Å². The molecule has 2 unspecified atom stereocenters. The largest absolute Gasteiger partial charge is 0.388 e. The summed E-state index contributed by atoms with van der Waals surface area (Å²) in [6, 6.07) is 0. The summed E-state index contributed by atoms with van der Waals surface area (Å²) in [5.41, 5.74) is 0. The molecule has 7 saturated heterocycles. The van der Waals surface area contributed by atoms with Gasteiger partial charge in [0.15, 0.2) is 0 Å². The Balaban J connectivity index is -0.000000204. The number of carbonyl (C=O) groups excluding carboxylic acids is 4. The molecular formula is C67H143N5O15P+. The normalized spacial score (nSPS) is 19.8. The number of hydrogen-bond donors (Lipinski definition) is 1. The van der Waals surface area contributed by atoms with Gasteiger partial charge in [-0.15, -0.1) is 0 Å². The summed E-state index contributed by atoms with van der Waals surface area (Å²) in [4.78, 5) is 48.8. The van der Waals surface area contributed by atoms with E-state index in [1.54, 1.807) is 85.3 Å². The first kappa shape index (κ1) is 96.6. The van der Waals surface area contributed by atoms with Gasteiger partial charge in [-0.1, -0.05) is 78.2 Å². The number of methoxy groups -OCH3 is 7. The molecule has 0 spiro atoms. The first-order chi connectivity index (χ1) is 41.7. The zero-order valence-electron chi connectivity index (χ0n) is 61.3. The predicted octanol–water partition coefficient (Wildman–Crippen LogP) is 11.4. The lowest BCUT2D eigenvalue weighted by Crippen LogP contribution is -2.34. The minimum atomic E-state index is -0.167. The summed E-state index contributed by atoms with van der Waals surface area (Å²) in [6.07, 6.45) is 24.3. The maximum Gasteiger partial charge on any atom is 0.321 e. The van der Waals surface area contributed by atoms with Crippen molar-refractivity contribution >= 4 is 32.1 Å². The maximum atomic E-state index is 10.5. The van der Waals surface area contributed by atoms with E-state index >= 15 is 0 Å². The first-order valence-electron chi connectivity index (χ1n) is 32.9. The van der Waals surface area contributed by atoms with Crippen LogP contribution in [0.15, 0.2) is 0 Å². The number of carbonyl (C=O) groups is 4. The SMILES string of the molecule is CC(C)C.CC1CC1.CC1CCC1.CC1COC1.CCOC.CN1CCC1.CN1CCCC1=O.CN1CCCC1=O.CN1CCCC1=O.CNC(C)=O.COC.COC(C)C.COC1CC1.COC1CCC1.COC1CCOC1.COC1COC1.C[PH+]=O. The van der Waals surface area contributed by atoms with Crippen LogP contribution in [0.1, 0.15) is 185 Å². The van der Waals surface area contributed by atoms with Crippen LogP contribution in [0.25, 0.3) is 0 Å². The van der Waals surface area contributed by atoms with E-state index in [0.29, 0.717) is 48.2 Å². The van der Waals surface area contributed by atoms with E-state index < -0.39 is 0 Å². The fourth-order valence-electron chi connectivity index (χ4n) is 5.92. The van der Waals surface area contributed by atoms with E-state index in [9.17, 15) is 19.2 Å². The van der Waals surface area contributed by atoms with Crippen LogP contribution in [0.4, 0.5) is 0 Å². The Bertz CT molecular complexity index is 1360. The number of nitrogens with one attached hydrogen (secondary N) is 1. The van der Waals surface area contributed by atoms with Crippen molar-refractivity contribution in [3.05, 3.63) is 0 Å². The van der Waals surface area contributed by atoms with Gasteiger partial charge in [-0.05, 0) is 123 Å². The van der Waals surface area contributed by atoms with Crippen LogP contribution in [-0.4, -0.2) is 252 Å². The van der Waals surface area contributed by atoms with Gasteiger partial charge in [0.1, 0.15) is 12.8 Å². The van der Waals surface area contributed by atoms with Crippen LogP contribution >= 0.6 is 8.46 Å². The number of nitrogens with zero attached hydrogens (tertiary/aromatic N) is 4. The van der Waals surface area contributed by atoms with Crippen molar-refractivity contribution in [1.29, 1.82) is 0 Å². The van der Waals surface area contributed by atoms with E-state index in [0.717, 1.165) is 134 Å². The Labute approximate surface area is 542 Å². The van der Waals surface area contributed by atoms with Gasteiger partial charge in [0.2, 0.25) is 23.6 Å². The predicted molar refractivity (Wildman–Crippen MR) is 364 cm³/mol. The highest BCUT2D eigenvalue weighted by atomic mass is 31.1. The molecule has 0 radical (unpaired) electrons. The summed E-state index contributed by atoms with van der Waals surface area (Å²) in [5, 5.41) is 2.39. The molecule has 11 fully saturated rings. The summed E-state index contributed by atoms with van der Waals surface area (Å²) in [7, 11) is 22.7. The van der Waals surface area contributed by atoms with Gasteiger partial charge in [0, 0.05) is 150 Å². The number of ether oxygens (including phenoxy) is 10. The molecule has 0 aromatic carbocycles. The van der Waals surface area contributed by atoms with E-state index in [-0.39, 0.29) is 14.4 Å². The van der Waals surface area contributed by atoms with E-state index in [1.807, 2.05) is 41.9 Å². The lowest BCUT2D eigenvalue weighted by Gasteiger charge is -2.24. The molecule has 1 N–H and O–H groups in total. The monoisotopic (exact) mass is 1290 g/mol. The van der Waals surface area contributed by atoms with E-state index in [2.05, 4.69) is 68.3 Å². The minimum Gasteiger partial charge on any atom is -0.388 e. The number of likely N-dealkylation sites (tertiary alicyclic amines) is 4. The van der Waals surface area contributed by atoms with Crippen molar-refractivity contribution in [2.45, 2.75) is 215 Å². The molecule has 88 heavy (non-hydrogen) atoms. The van der Waals surface area contributed by atoms with Gasteiger partial charge < -0.3 is 72.3 Å². The highest BCUT2D eigenvalue weighted by Crippen LogP contribution is 2.27. The zero-order chi connectivity index (χ0) is 68.5. The lowest BCUT2D eigenvalue weighted by atomic mass is 9.88. The zero-order valence-corrected chi connectivity index (χ0v) is 62.3. The van der Waals surface area contributed by atoms with Gasteiger partial charge in [-0.25, -0.2) is 0 Å². The molecule has 21 heteroatoms. The third-order valence-electron chi connectivity index (χ3n) is 13.6. The van der Waals surface area contributed by atoms with Crippen LogP contribution in [0.3, 0.4) is 0 Å². The topological polar surface area (TPSA) is 203 Å². The van der Waals surface area contributed by atoms with Crippen molar-refractivity contribution in [3.63, 3.8) is 0 Å². The van der Waals surface area contributed by atoms with Gasteiger partial charge in [-0.2, -0.15) is 0 Å². The smallest absolute Gasteiger partial charge is 0.321 e. The summed E-state index contributed by atoms with van der Waals surface area (Å²) in [5.74, 6) is 4.70. The minimum absolute atomic E-state index is 0.00463. The first-order valence-corrected chi connectivity index (χ1v) is 34.3. The van der Waals surface area contributed by atoms with Crippen molar-refractivity contribution in [3.8, 4) is 0 Å². The van der Waals surface area contributed by atoms with Crippen molar-refractivity contribution in [2.75, 3.05) is 178 Å². The highest BCUT2D eigenvalue weighted by molar-refractivity contribution is 7.22. The second kappa shape index (κ2) is 72.0. The van der Waals surface area contributed by atoms with E-state index in [4.69, 9.17) is 42.5 Å². The Kier molecular flexibility index (Phi) is 79.0. The van der Waals surface area contributed by atoms with Crippen molar-refractivity contribution in [1.82, 2.24) is 24.9 Å². The van der Waals surface area contributed by atoms with Crippen molar-refractivity contribution < 1.29 is 71.1 Å². The highest BCUT2D eigenvalue weighted by Gasteiger charge is 2.20. The molecule has 0 bridgehead atoms. The molecule has 0 aromatic heterocycles. The number of amides is 4. The average Bonchev–Trinajstić information content (AvgIpc) is 4.24. The molecule has 11 aliphatic rings. The quantitative estimate of drug-likeness (QED) is 0.246. The van der Waals surface area contributed by atoms with E-state index in [1.165, 1.54) is 90.6 Å². The van der Waals surface area contributed by atoms with Crippen LogP contribution < -0.4 is 5.32 Å². The Hall–Kier alpha value is -2.46. The maximum absolute atomic E-state index is 10.5. The number of rotatable bonds is 6. The second-order valence-corrected chi connectivity index (χ2v) is 24.5. The lowest BCUT2D eigenvalue weighted by molar-refractivity contribution is -0.127. The Morgan fingerprint density at radius 2 is 0.807 bits per heavy atom. The summed E-state index contributed by atoms with van der Waals surface area (Å²) < 4.78 is 56.9. The molecule has 4 amide bonds. The van der Waals surface area contributed by atoms with Gasteiger partial charge in [0.05, 0.1) is 57.5 Å². The second-order valence-electron chi connectivity index (χ2n) is 24.1. The van der Waals surface area contributed by atoms with Crippen LogP contribution in [0, 0.1) is 23.7 Å². The van der Waals surface area contributed by atoms with Gasteiger partial charge in [0.25, 0.3) is 0 Å². The molecule has 4 saturated carbocycles. The van der Waals surface area contributed by atoms with Gasteiger partial charge in [-0.3, -0.25) is 19.2 Å². The molecule has 0 aromatic rings. The fraction of sp³-hybridized carbons (Fsp3) is 0.940. The van der Waals surface area contributed by atoms with Crippen LogP contribution in [0.5, 0.6) is 0 Å². The van der Waals surface area contributed by atoms with Crippen LogP contribution in [-0.2, 0) is 71.1 Å². The van der Waals surface area contributed by atoms with Gasteiger partial charge >= 0.3 is 8.46 Å². The molecule has 7 heterocycles. The van der Waals surface area contributed by atoms with Crippen LogP contribution in [0.2, 0.25) is 0 Å². The molecule has 2 atom stereocenters. The molecule has 11 rings (SSSR count). The third kappa shape index (κ3) is 81.6. The molecule has 7 aliphatic heterocycles. The fourth-order valence-corrected chi connectivity index (χ4v) is 5.92. The molecule has 20 nitrogen and oxygen atoms in total. The number of hydrogen-bond acceptors (Lipinski definition) is 16. The average molecular weight is 1290 g/mol.